The highest BCUT2D eigenvalue weighted by molar-refractivity contribution is 9.10. The van der Waals surface area contributed by atoms with Crippen LogP contribution in [-0.4, -0.2) is 35.7 Å². The Kier molecular flexibility index (Phi) is 11.0. The van der Waals surface area contributed by atoms with Crippen LogP contribution in [0.4, 0.5) is 13.2 Å². The summed E-state index contributed by atoms with van der Waals surface area (Å²) in [5, 5.41) is 15.6. The van der Waals surface area contributed by atoms with Gasteiger partial charge in [0, 0.05) is 40.9 Å². The largest absolute Gasteiger partial charge is 0.494 e. The molecule has 0 aromatic heterocycles. The first-order valence-corrected chi connectivity index (χ1v) is 15.8. The molecule has 248 valence electrons. The predicted octanol–water partition coefficient (Wildman–Crippen LogP) is 7.86. The Morgan fingerprint density at radius 3 is 2.46 bits per heavy atom. The third-order valence-electron chi connectivity index (χ3n) is 7.79. The maximum atomic E-state index is 14.5. The van der Waals surface area contributed by atoms with Crippen LogP contribution in [0.15, 0.2) is 112 Å². The molecule has 4 aromatic carbocycles. The monoisotopic (exact) mass is 721 g/mol. The molecule has 1 heterocycles. The topological polar surface area (TPSA) is 129 Å². The lowest BCUT2D eigenvalue weighted by Crippen LogP contribution is -2.49. The zero-order chi connectivity index (χ0) is 34.1. The molecule has 5 rings (SSSR count). The number of hydrogen-bond acceptors (Lipinski definition) is 6. The van der Waals surface area contributed by atoms with Gasteiger partial charge >= 0.3 is 6.18 Å². The number of nitrogens with one attached hydrogen (secondary N) is 1. The number of azide groups is 1. The average Bonchev–Trinajstić information content (AvgIpc) is 3.47. The first-order chi connectivity index (χ1) is 23.1. The van der Waals surface area contributed by atoms with Gasteiger partial charge in [-0.2, -0.15) is 13.2 Å². The minimum Gasteiger partial charge on any atom is -0.494 e. The maximum Gasteiger partial charge on any atom is 0.416 e. The van der Waals surface area contributed by atoms with E-state index < -0.39 is 29.3 Å². The zero-order valence-electron chi connectivity index (χ0n) is 25.5. The number of halogens is 4. The van der Waals surface area contributed by atoms with Crippen LogP contribution in [0.2, 0.25) is 0 Å². The molecule has 0 spiro atoms. The number of rotatable bonds is 13. The molecule has 48 heavy (non-hydrogen) atoms. The Hall–Kier alpha value is -4.84. The molecule has 0 unspecified atom stereocenters. The number of alkyl halides is 3. The summed E-state index contributed by atoms with van der Waals surface area (Å²) >= 11 is 3.45. The van der Waals surface area contributed by atoms with Crippen molar-refractivity contribution in [3.05, 3.63) is 145 Å². The van der Waals surface area contributed by atoms with E-state index in [4.69, 9.17) is 25.1 Å². The molecule has 4 aromatic rings. The maximum absolute atomic E-state index is 14.5. The van der Waals surface area contributed by atoms with Crippen molar-refractivity contribution >= 4 is 27.7 Å². The van der Waals surface area contributed by atoms with E-state index in [9.17, 15) is 18.0 Å². The molecule has 2 atom stereocenters. The highest BCUT2D eigenvalue weighted by atomic mass is 79.9. The minimum atomic E-state index is -4.54. The van der Waals surface area contributed by atoms with E-state index in [-0.39, 0.29) is 37.6 Å². The third-order valence-corrected chi connectivity index (χ3v) is 8.32. The summed E-state index contributed by atoms with van der Waals surface area (Å²) in [5.74, 6) is 0.198. The smallest absolute Gasteiger partial charge is 0.416 e. The average molecular weight is 723 g/mol. The third kappa shape index (κ3) is 8.17. The van der Waals surface area contributed by atoms with Crippen LogP contribution in [0.1, 0.15) is 45.9 Å². The number of benzene rings is 4. The lowest BCUT2D eigenvalue weighted by molar-refractivity contribution is -0.137. The standard InChI is InChI=1S/C35H31BrF3N5O4/c36-29-13-9-24(10-14-29)31-34(20-26-6-1-2-7-27(26)22-42-44-40,33(46)41-21-23-5-3-8-28(19-23)35(37,38)39)43-32(48-31)25-11-15-30(16-12-25)47-18-4-17-45/h1-3,5-16,19,31,45H,4,17-18,20-22H2,(H,41,46)/t31-,34-/m1/s1. The molecule has 13 heteroatoms. The van der Waals surface area contributed by atoms with Crippen LogP contribution < -0.4 is 10.1 Å². The summed E-state index contributed by atoms with van der Waals surface area (Å²) in [6, 6.07) is 26.2. The van der Waals surface area contributed by atoms with Gasteiger partial charge < -0.3 is 19.9 Å². The molecule has 9 nitrogen and oxygen atoms in total. The zero-order valence-corrected chi connectivity index (χ0v) is 27.1. The van der Waals surface area contributed by atoms with Crippen molar-refractivity contribution in [2.75, 3.05) is 13.2 Å². The van der Waals surface area contributed by atoms with Crippen LogP contribution in [0, 0.1) is 0 Å². The highest BCUT2D eigenvalue weighted by Gasteiger charge is 2.53. The fourth-order valence-corrected chi connectivity index (χ4v) is 5.66. The molecule has 0 radical (unpaired) electrons. The van der Waals surface area contributed by atoms with E-state index in [0.717, 1.165) is 16.6 Å². The van der Waals surface area contributed by atoms with Crippen LogP contribution in [0.3, 0.4) is 0 Å². The van der Waals surface area contributed by atoms with Crippen molar-refractivity contribution in [1.29, 1.82) is 0 Å². The SMILES string of the molecule is [N-]=[N+]=NCc1ccccc1C[C@@]1(C(=O)NCc2cccc(C(F)(F)F)c2)N=C(c2ccc(OCCCO)cc2)O[C@@H]1c1ccc(Br)cc1. The van der Waals surface area contributed by atoms with Gasteiger partial charge in [0.05, 0.1) is 18.7 Å². The summed E-state index contributed by atoms with van der Waals surface area (Å²) in [7, 11) is 0. The minimum absolute atomic E-state index is 0.00404. The lowest BCUT2D eigenvalue weighted by Gasteiger charge is -2.31. The number of aliphatic imine (C=N–C) groups is 1. The molecular formula is C35H31BrF3N5O4. The summed E-state index contributed by atoms with van der Waals surface area (Å²) < 4.78 is 53.3. The summed E-state index contributed by atoms with van der Waals surface area (Å²) in [4.78, 5) is 22.4. The van der Waals surface area contributed by atoms with E-state index in [1.807, 2.05) is 30.3 Å². The molecular weight excluding hydrogens is 691 g/mol. The molecule has 1 amide bonds. The second-order valence-electron chi connectivity index (χ2n) is 11.1. The van der Waals surface area contributed by atoms with Gasteiger partial charge in [-0.05, 0) is 76.3 Å². The number of nitrogens with zero attached hydrogens (tertiary/aromatic N) is 4. The van der Waals surface area contributed by atoms with Crippen LogP contribution in [0.25, 0.3) is 10.4 Å². The number of hydrogen-bond donors (Lipinski definition) is 2. The first kappa shape index (κ1) is 34.5. The number of ether oxygens (including phenoxy) is 2. The Labute approximate surface area is 283 Å². The van der Waals surface area contributed by atoms with E-state index in [2.05, 4.69) is 31.3 Å². The second kappa shape index (κ2) is 15.4. The van der Waals surface area contributed by atoms with Crippen molar-refractivity contribution in [3.8, 4) is 5.75 Å². The molecule has 2 N–H and O–H groups in total. The van der Waals surface area contributed by atoms with Gasteiger partial charge in [-0.1, -0.05) is 69.6 Å². The molecule has 1 aliphatic rings. The second-order valence-corrected chi connectivity index (χ2v) is 12.0. The molecule has 0 saturated carbocycles. The number of aliphatic hydroxyl groups excluding tert-OH is 1. The van der Waals surface area contributed by atoms with Gasteiger partial charge in [0.25, 0.3) is 5.91 Å². The van der Waals surface area contributed by atoms with Gasteiger partial charge in [0.1, 0.15) is 5.75 Å². The summed E-state index contributed by atoms with van der Waals surface area (Å²) in [6.07, 6.45) is -4.99. The fourth-order valence-electron chi connectivity index (χ4n) is 5.40. The molecule has 0 aliphatic carbocycles. The Morgan fingerprint density at radius 2 is 1.77 bits per heavy atom. The van der Waals surface area contributed by atoms with Gasteiger partial charge in [-0.15, -0.1) is 0 Å². The van der Waals surface area contributed by atoms with Crippen molar-refractivity contribution in [3.63, 3.8) is 0 Å². The van der Waals surface area contributed by atoms with Gasteiger partial charge in [-0.25, -0.2) is 4.99 Å². The first-order valence-electron chi connectivity index (χ1n) is 15.0. The van der Waals surface area contributed by atoms with E-state index in [0.29, 0.717) is 41.0 Å². The van der Waals surface area contributed by atoms with Crippen LogP contribution in [-0.2, 0) is 35.2 Å². The fraction of sp³-hybridized carbons (Fsp3) is 0.257. The van der Waals surface area contributed by atoms with Crippen LogP contribution >= 0.6 is 15.9 Å². The number of carbonyl (C=O) groups is 1. The molecule has 0 fully saturated rings. The van der Waals surface area contributed by atoms with Crippen molar-refractivity contribution < 1.29 is 32.5 Å². The number of aliphatic hydroxyl groups is 1. The van der Waals surface area contributed by atoms with Crippen LogP contribution in [0.5, 0.6) is 5.75 Å². The van der Waals surface area contributed by atoms with Gasteiger partial charge in [-0.3, -0.25) is 4.79 Å². The number of carbonyl (C=O) groups excluding carboxylic acids is 1. The summed E-state index contributed by atoms with van der Waals surface area (Å²) in [5.41, 5.74) is 9.39. The molecule has 0 saturated heterocycles. The van der Waals surface area contributed by atoms with Crippen molar-refractivity contribution in [2.45, 2.75) is 43.8 Å². The molecule has 0 bridgehead atoms. The Balaban J connectivity index is 1.59. The van der Waals surface area contributed by atoms with Gasteiger partial charge in [0.2, 0.25) is 5.90 Å². The van der Waals surface area contributed by atoms with E-state index in [1.165, 1.54) is 12.1 Å². The van der Waals surface area contributed by atoms with Gasteiger partial charge in [0.15, 0.2) is 11.6 Å². The normalized spacial score (nSPS) is 17.2. The molecule has 1 aliphatic heterocycles. The summed E-state index contributed by atoms with van der Waals surface area (Å²) in [6.45, 7) is 0.183. The van der Waals surface area contributed by atoms with E-state index in [1.54, 1.807) is 42.5 Å². The van der Waals surface area contributed by atoms with E-state index >= 15 is 0 Å². The van der Waals surface area contributed by atoms with Crippen molar-refractivity contribution in [2.24, 2.45) is 10.1 Å². The Morgan fingerprint density at radius 1 is 1.04 bits per heavy atom. The predicted molar refractivity (Wildman–Crippen MR) is 177 cm³/mol. The Bertz CT molecular complexity index is 1810. The lowest BCUT2D eigenvalue weighted by atomic mass is 9.81. The number of amides is 1. The van der Waals surface area contributed by atoms with Crippen molar-refractivity contribution in [1.82, 2.24) is 5.32 Å². The highest BCUT2D eigenvalue weighted by Crippen LogP contribution is 2.43. The quantitative estimate of drug-likeness (QED) is 0.0630.